The van der Waals surface area contributed by atoms with E-state index in [2.05, 4.69) is 5.32 Å². The largest absolute Gasteiger partial charge is 0.352 e. The summed E-state index contributed by atoms with van der Waals surface area (Å²) in [5, 5.41) is 3.14. The van der Waals surface area contributed by atoms with Crippen molar-refractivity contribution >= 4 is 27.5 Å². The number of amides is 2. The molecule has 3 rings (SSSR count). The highest BCUT2D eigenvalue weighted by atomic mass is 32.2. The van der Waals surface area contributed by atoms with Crippen LogP contribution in [0.3, 0.4) is 0 Å². The second-order valence-electron chi connectivity index (χ2n) is 10.2. The van der Waals surface area contributed by atoms with E-state index in [1.165, 1.54) is 17.0 Å². The molecule has 1 fully saturated rings. The van der Waals surface area contributed by atoms with Crippen LogP contribution in [0.1, 0.15) is 68.6 Å². The lowest BCUT2D eigenvalue weighted by Crippen LogP contribution is -2.50. The highest BCUT2D eigenvalue weighted by molar-refractivity contribution is 7.92. The Morgan fingerprint density at radius 1 is 1.00 bits per heavy atom. The minimum Gasteiger partial charge on any atom is -0.352 e. The van der Waals surface area contributed by atoms with Gasteiger partial charge in [-0.2, -0.15) is 0 Å². The fraction of sp³-hybridized carbons (Fsp3) is 0.517. The quantitative estimate of drug-likeness (QED) is 0.458. The molecule has 1 atom stereocenters. The molecule has 0 bridgehead atoms. The highest BCUT2D eigenvalue weighted by Gasteiger charge is 2.28. The number of rotatable bonds is 11. The number of hydrogen-bond donors (Lipinski definition) is 1. The Bertz CT molecular complexity index is 1160. The zero-order valence-electron chi connectivity index (χ0n) is 22.6. The summed E-state index contributed by atoms with van der Waals surface area (Å²) >= 11 is 0. The molecule has 1 saturated carbocycles. The van der Waals surface area contributed by atoms with E-state index in [1.807, 2.05) is 56.3 Å². The molecule has 0 spiro atoms. The highest BCUT2D eigenvalue weighted by Crippen LogP contribution is 2.23. The van der Waals surface area contributed by atoms with Crippen LogP contribution in [-0.4, -0.2) is 50.0 Å². The van der Waals surface area contributed by atoms with E-state index in [4.69, 9.17) is 0 Å². The van der Waals surface area contributed by atoms with Crippen molar-refractivity contribution in [3.63, 3.8) is 0 Å². The number of aryl methyl sites for hydroxylation is 2. The number of carbonyl (C=O) groups excluding carboxylic acids is 2. The Morgan fingerprint density at radius 2 is 1.68 bits per heavy atom. The van der Waals surface area contributed by atoms with Gasteiger partial charge in [-0.1, -0.05) is 55.7 Å². The van der Waals surface area contributed by atoms with Crippen LogP contribution in [0.4, 0.5) is 5.69 Å². The topological polar surface area (TPSA) is 86.8 Å². The number of nitrogens with zero attached hydrogens (tertiary/aromatic N) is 2. The summed E-state index contributed by atoms with van der Waals surface area (Å²) in [5.41, 5.74) is 3.64. The molecule has 1 aliphatic rings. The lowest BCUT2D eigenvalue weighted by Gasteiger charge is -2.31. The molecular weight excluding hydrogens is 486 g/mol. The van der Waals surface area contributed by atoms with Gasteiger partial charge in [0.05, 0.1) is 11.9 Å². The lowest BCUT2D eigenvalue weighted by molar-refractivity contribution is -0.141. The smallest absolute Gasteiger partial charge is 0.242 e. The molecule has 202 valence electrons. The van der Waals surface area contributed by atoms with Crippen molar-refractivity contribution < 1.29 is 18.0 Å². The molecule has 0 radical (unpaired) electrons. The summed E-state index contributed by atoms with van der Waals surface area (Å²) in [5.74, 6) is -0.298. The van der Waals surface area contributed by atoms with Crippen molar-refractivity contribution in [1.82, 2.24) is 10.2 Å². The van der Waals surface area contributed by atoms with Crippen LogP contribution in [0.2, 0.25) is 0 Å². The van der Waals surface area contributed by atoms with Gasteiger partial charge in [-0.05, 0) is 68.9 Å². The molecule has 1 N–H and O–H groups in total. The molecule has 2 amide bonds. The number of carbonyl (C=O) groups is 2. The summed E-state index contributed by atoms with van der Waals surface area (Å²) in [6.07, 6.45) is 7.06. The predicted molar refractivity (Wildman–Crippen MR) is 149 cm³/mol. The fourth-order valence-electron chi connectivity index (χ4n) is 4.82. The van der Waals surface area contributed by atoms with Gasteiger partial charge >= 0.3 is 0 Å². The van der Waals surface area contributed by atoms with Crippen LogP contribution in [0.25, 0.3) is 0 Å². The van der Waals surface area contributed by atoms with Gasteiger partial charge < -0.3 is 10.2 Å². The number of hydrogen-bond acceptors (Lipinski definition) is 4. The number of nitrogens with one attached hydrogen (secondary N) is 1. The van der Waals surface area contributed by atoms with Crippen molar-refractivity contribution in [3.05, 3.63) is 65.2 Å². The van der Waals surface area contributed by atoms with Crippen molar-refractivity contribution in [3.8, 4) is 0 Å². The molecule has 2 aromatic carbocycles. The molecule has 0 unspecified atom stereocenters. The average molecular weight is 528 g/mol. The first-order valence-electron chi connectivity index (χ1n) is 13.2. The molecule has 1 aliphatic carbocycles. The third-order valence-corrected chi connectivity index (χ3v) is 8.44. The van der Waals surface area contributed by atoms with Crippen LogP contribution in [-0.2, 0) is 26.2 Å². The molecule has 7 nitrogen and oxygen atoms in total. The second-order valence-corrected chi connectivity index (χ2v) is 12.1. The number of benzene rings is 2. The standard InChI is InChI=1S/C29H41N3O4S/c1-22-17-18-27(20-23(22)2)32(37(4,35)36)19-11-16-28(33)31(21-25-12-7-5-8-13-25)24(3)29(34)30-26-14-9-6-10-15-26/h5,7-8,12-13,17-18,20,24,26H,6,9-11,14-16,19,21H2,1-4H3,(H,30,34)/t24-/m0/s1. The zero-order valence-corrected chi connectivity index (χ0v) is 23.4. The molecule has 2 aromatic rings. The van der Waals surface area contributed by atoms with Gasteiger partial charge in [-0.25, -0.2) is 8.42 Å². The van der Waals surface area contributed by atoms with Gasteiger partial charge in [0.25, 0.3) is 0 Å². The van der Waals surface area contributed by atoms with E-state index in [0.29, 0.717) is 18.7 Å². The maximum Gasteiger partial charge on any atom is 0.242 e. The predicted octanol–water partition coefficient (Wildman–Crippen LogP) is 4.72. The Labute approximate surface area is 222 Å². The van der Waals surface area contributed by atoms with Crippen LogP contribution in [0, 0.1) is 13.8 Å². The summed E-state index contributed by atoms with van der Waals surface area (Å²) in [7, 11) is -3.52. The molecule has 0 saturated heterocycles. The van der Waals surface area contributed by atoms with Crippen molar-refractivity contribution in [1.29, 1.82) is 0 Å². The number of anilines is 1. The van der Waals surface area contributed by atoms with Gasteiger partial charge in [-0.3, -0.25) is 13.9 Å². The maximum atomic E-state index is 13.4. The van der Waals surface area contributed by atoms with Gasteiger partial charge in [-0.15, -0.1) is 0 Å². The van der Waals surface area contributed by atoms with E-state index in [-0.39, 0.29) is 30.8 Å². The summed E-state index contributed by atoms with van der Waals surface area (Å²) in [4.78, 5) is 28.2. The fourth-order valence-corrected chi connectivity index (χ4v) is 5.77. The molecule has 8 heteroatoms. The first-order chi connectivity index (χ1) is 17.6. The number of sulfonamides is 1. The van der Waals surface area contributed by atoms with Crippen LogP contribution in [0.15, 0.2) is 48.5 Å². The molecular formula is C29H41N3O4S. The SMILES string of the molecule is Cc1ccc(N(CCCC(=O)N(Cc2ccccc2)[C@@H](C)C(=O)NC2CCCCC2)S(C)(=O)=O)cc1C. The Hall–Kier alpha value is -2.87. The first kappa shape index (κ1) is 28.7. The van der Waals surface area contributed by atoms with Gasteiger partial charge in [0.15, 0.2) is 0 Å². The Balaban J connectivity index is 1.70. The monoisotopic (exact) mass is 527 g/mol. The van der Waals surface area contributed by atoms with Gasteiger partial charge in [0.2, 0.25) is 21.8 Å². The molecule has 0 aliphatic heterocycles. The minimum atomic E-state index is -3.52. The zero-order chi connectivity index (χ0) is 27.0. The van der Waals surface area contributed by atoms with Crippen LogP contribution < -0.4 is 9.62 Å². The summed E-state index contributed by atoms with van der Waals surface area (Å²) in [6, 6.07) is 14.7. The first-order valence-corrected chi connectivity index (χ1v) is 15.1. The molecule has 0 heterocycles. The normalized spacial score (nSPS) is 15.1. The van der Waals surface area contributed by atoms with Crippen LogP contribution >= 0.6 is 0 Å². The Kier molecular flexibility index (Phi) is 10.1. The van der Waals surface area contributed by atoms with Crippen molar-refractivity contribution in [2.24, 2.45) is 0 Å². The summed E-state index contributed by atoms with van der Waals surface area (Å²) in [6.45, 7) is 6.22. The van der Waals surface area contributed by atoms with Crippen molar-refractivity contribution in [2.45, 2.75) is 84.3 Å². The van der Waals surface area contributed by atoms with Gasteiger partial charge in [0, 0.05) is 25.6 Å². The molecule has 37 heavy (non-hydrogen) atoms. The van der Waals surface area contributed by atoms with Gasteiger partial charge in [0.1, 0.15) is 6.04 Å². The minimum absolute atomic E-state index is 0.135. The summed E-state index contributed by atoms with van der Waals surface area (Å²) < 4.78 is 26.4. The van der Waals surface area contributed by atoms with E-state index in [1.54, 1.807) is 17.9 Å². The van der Waals surface area contributed by atoms with E-state index in [0.717, 1.165) is 42.4 Å². The van der Waals surface area contributed by atoms with E-state index >= 15 is 0 Å². The Morgan fingerprint density at radius 3 is 2.30 bits per heavy atom. The van der Waals surface area contributed by atoms with E-state index < -0.39 is 16.1 Å². The van der Waals surface area contributed by atoms with Crippen molar-refractivity contribution in [2.75, 3.05) is 17.1 Å². The second kappa shape index (κ2) is 13.1. The molecule has 0 aromatic heterocycles. The third kappa shape index (κ3) is 8.32. The average Bonchev–Trinajstić information content (AvgIpc) is 2.87. The third-order valence-electron chi connectivity index (χ3n) is 7.25. The maximum absolute atomic E-state index is 13.4. The van der Waals surface area contributed by atoms with E-state index in [9.17, 15) is 18.0 Å². The van der Waals surface area contributed by atoms with Crippen LogP contribution in [0.5, 0.6) is 0 Å². The lowest BCUT2D eigenvalue weighted by atomic mass is 9.95.